The van der Waals surface area contributed by atoms with E-state index in [0.717, 1.165) is 44.0 Å². The summed E-state index contributed by atoms with van der Waals surface area (Å²) >= 11 is 0. The quantitative estimate of drug-likeness (QED) is 0.394. The molecule has 0 aromatic heterocycles. The number of nitrogens with zero attached hydrogens (tertiary/aromatic N) is 2. The molecule has 2 saturated heterocycles. The van der Waals surface area contributed by atoms with Crippen molar-refractivity contribution in [2.24, 2.45) is 0 Å². The lowest BCUT2D eigenvalue weighted by Crippen LogP contribution is -2.37. The number of hydrogen-bond donors (Lipinski definition) is 0. The van der Waals surface area contributed by atoms with Gasteiger partial charge in [-0.1, -0.05) is 48.2 Å². The Bertz CT molecular complexity index is 868. The van der Waals surface area contributed by atoms with E-state index in [9.17, 15) is 0 Å². The topological polar surface area (TPSA) is 24.9 Å². The molecule has 1 unspecified atom stereocenters. The number of hydrogen-bond acceptors (Lipinski definition) is 4. The standard InChI is InChI=1S/C31H46N2O2/c1-24-11-13-30(34-19-15-28-9-5-7-17-32(28)3)26(21-24)23-27-22-25(2)12-14-31(27)35-20-16-29-10-6-8-18-33(29)4/h11-14,21-22,28-29H,5-10,15-20,23H2,1-4H3/t28-,29?/m1/s1. The molecule has 0 amide bonds. The highest BCUT2D eigenvalue weighted by molar-refractivity contribution is 5.45. The maximum absolute atomic E-state index is 6.38. The predicted octanol–water partition coefficient (Wildman–Crippen LogP) is 6.40. The number of aryl methyl sites for hydroxylation is 2. The summed E-state index contributed by atoms with van der Waals surface area (Å²) in [5.74, 6) is 2.04. The van der Waals surface area contributed by atoms with E-state index in [1.165, 1.54) is 73.9 Å². The van der Waals surface area contributed by atoms with Crippen LogP contribution in [0.15, 0.2) is 36.4 Å². The van der Waals surface area contributed by atoms with E-state index in [2.05, 4.69) is 74.1 Å². The van der Waals surface area contributed by atoms with Crippen LogP contribution < -0.4 is 9.47 Å². The molecule has 4 rings (SSSR count). The third kappa shape index (κ3) is 7.47. The molecule has 2 aliphatic heterocycles. The summed E-state index contributed by atoms with van der Waals surface area (Å²) < 4.78 is 12.8. The van der Waals surface area contributed by atoms with E-state index in [-0.39, 0.29) is 0 Å². The van der Waals surface area contributed by atoms with E-state index >= 15 is 0 Å². The van der Waals surface area contributed by atoms with Crippen LogP contribution in [0.2, 0.25) is 0 Å². The monoisotopic (exact) mass is 478 g/mol. The minimum absolute atomic E-state index is 0.651. The molecule has 2 atom stereocenters. The Kier molecular flexibility index (Phi) is 9.51. The highest BCUT2D eigenvalue weighted by Crippen LogP contribution is 2.29. The Morgan fingerprint density at radius 2 is 1.14 bits per heavy atom. The summed E-state index contributed by atoms with van der Waals surface area (Å²) in [5.41, 5.74) is 5.05. The summed E-state index contributed by atoms with van der Waals surface area (Å²) in [5, 5.41) is 0. The minimum atomic E-state index is 0.651. The normalized spacial score (nSPS) is 21.7. The zero-order valence-corrected chi connectivity index (χ0v) is 22.5. The van der Waals surface area contributed by atoms with Gasteiger partial charge < -0.3 is 19.3 Å². The van der Waals surface area contributed by atoms with Gasteiger partial charge in [0.1, 0.15) is 11.5 Å². The van der Waals surface area contributed by atoms with Gasteiger partial charge >= 0.3 is 0 Å². The molecule has 0 radical (unpaired) electrons. The van der Waals surface area contributed by atoms with Crippen LogP contribution in [0, 0.1) is 13.8 Å². The number of likely N-dealkylation sites (tertiary alicyclic amines) is 2. The van der Waals surface area contributed by atoms with E-state index in [4.69, 9.17) is 9.47 Å². The molecule has 0 aliphatic carbocycles. The molecule has 2 aromatic rings. The summed E-state index contributed by atoms with van der Waals surface area (Å²) in [4.78, 5) is 5.01. The molecule has 4 heteroatoms. The van der Waals surface area contributed by atoms with Crippen LogP contribution in [0.4, 0.5) is 0 Å². The Morgan fingerprint density at radius 3 is 1.57 bits per heavy atom. The first-order chi connectivity index (χ1) is 17.0. The van der Waals surface area contributed by atoms with Gasteiger partial charge in [0.2, 0.25) is 0 Å². The first-order valence-electron chi connectivity index (χ1n) is 13.8. The van der Waals surface area contributed by atoms with Crippen LogP contribution in [0.25, 0.3) is 0 Å². The highest BCUT2D eigenvalue weighted by atomic mass is 16.5. The molecule has 0 spiro atoms. The highest BCUT2D eigenvalue weighted by Gasteiger charge is 2.20. The Balaban J connectivity index is 1.40. The number of benzene rings is 2. The predicted molar refractivity (Wildman–Crippen MR) is 146 cm³/mol. The van der Waals surface area contributed by atoms with Crippen molar-refractivity contribution in [1.82, 2.24) is 9.80 Å². The van der Waals surface area contributed by atoms with Crippen molar-refractivity contribution in [2.45, 2.75) is 83.7 Å². The Morgan fingerprint density at radius 1 is 0.686 bits per heavy atom. The molecule has 0 N–H and O–H groups in total. The van der Waals surface area contributed by atoms with E-state index < -0.39 is 0 Å². The molecular weight excluding hydrogens is 432 g/mol. The fourth-order valence-electron chi connectivity index (χ4n) is 5.81. The lowest BCUT2D eigenvalue weighted by atomic mass is 9.99. The van der Waals surface area contributed by atoms with Crippen molar-refractivity contribution >= 4 is 0 Å². The Labute approximate surface area is 213 Å². The second-order valence-electron chi connectivity index (χ2n) is 10.9. The van der Waals surface area contributed by atoms with Gasteiger partial charge in [-0.05, 0) is 103 Å². The van der Waals surface area contributed by atoms with Crippen LogP contribution >= 0.6 is 0 Å². The van der Waals surface area contributed by atoms with Crippen LogP contribution in [-0.2, 0) is 6.42 Å². The van der Waals surface area contributed by atoms with Crippen LogP contribution in [-0.4, -0.2) is 62.3 Å². The van der Waals surface area contributed by atoms with Crippen molar-refractivity contribution in [3.63, 3.8) is 0 Å². The van der Waals surface area contributed by atoms with Crippen molar-refractivity contribution in [1.29, 1.82) is 0 Å². The van der Waals surface area contributed by atoms with Gasteiger partial charge in [-0.2, -0.15) is 0 Å². The van der Waals surface area contributed by atoms with E-state index in [0.29, 0.717) is 12.1 Å². The third-order valence-electron chi connectivity index (χ3n) is 8.07. The van der Waals surface area contributed by atoms with Gasteiger partial charge in [-0.15, -0.1) is 0 Å². The second-order valence-corrected chi connectivity index (χ2v) is 10.9. The smallest absolute Gasteiger partial charge is 0.122 e. The summed E-state index contributed by atoms with van der Waals surface area (Å²) in [6.07, 6.45) is 11.0. The van der Waals surface area contributed by atoms with Crippen molar-refractivity contribution in [2.75, 3.05) is 40.4 Å². The number of rotatable bonds is 10. The molecule has 35 heavy (non-hydrogen) atoms. The van der Waals surface area contributed by atoms with Crippen LogP contribution in [0.1, 0.15) is 73.6 Å². The SMILES string of the molecule is Cc1ccc(OCCC2CCCCN2C)c(Cc2cc(C)ccc2OCC[C@H]2CCCCN2C)c1. The molecule has 2 heterocycles. The first-order valence-corrected chi connectivity index (χ1v) is 13.8. The molecule has 0 bridgehead atoms. The fraction of sp³-hybridized carbons (Fsp3) is 0.613. The Hall–Kier alpha value is -2.04. The molecular formula is C31H46N2O2. The van der Waals surface area contributed by atoms with Gasteiger partial charge in [0.25, 0.3) is 0 Å². The average Bonchev–Trinajstić information content (AvgIpc) is 2.84. The van der Waals surface area contributed by atoms with Gasteiger partial charge in [0.15, 0.2) is 0 Å². The fourth-order valence-corrected chi connectivity index (χ4v) is 5.81. The molecule has 192 valence electrons. The number of piperidine rings is 2. The number of ether oxygens (including phenoxy) is 2. The van der Waals surface area contributed by atoms with E-state index in [1.54, 1.807) is 0 Å². The average molecular weight is 479 g/mol. The van der Waals surface area contributed by atoms with Crippen LogP contribution in [0.3, 0.4) is 0 Å². The minimum Gasteiger partial charge on any atom is -0.493 e. The van der Waals surface area contributed by atoms with Crippen molar-refractivity contribution in [3.05, 3.63) is 58.7 Å². The largest absolute Gasteiger partial charge is 0.493 e. The third-order valence-corrected chi connectivity index (χ3v) is 8.07. The van der Waals surface area contributed by atoms with Crippen LogP contribution in [0.5, 0.6) is 11.5 Å². The zero-order valence-electron chi connectivity index (χ0n) is 22.5. The lowest BCUT2D eigenvalue weighted by molar-refractivity contribution is 0.152. The molecule has 2 fully saturated rings. The molecule has 2 aromatic carbocycles. The van der Waals surface area contributed by atoms with Gasteiger partial charge in [-0.25, -0.2) is 0 Å². The summed E-state index contributed by atoms with van der Waals surface area (Å²) in [6.45, 7) is 8.31. The maximum atomic E-state index is 6.38. The molecule has 0 saturated carbocycles. The zero-order chi connectivity index (χ0) is 24.6. The van der Waals surface area contributed by atoms with E-state index in [1.807, 2.05) is 0 Å². The first kappa shape index (κ1) is 26.0. The van der Waals surface area contributed by atoms with Crippen molar-refractivity contribution in [3.8, 4) is 11.5 Å². The summed E-state index contributed by atoms with van der Waals surface area (Å²) in [7, 11) is 4.51. The second kappa shape index (κ2) is 12.8. The molecule has 2 aliphatic rings. The maximum Gasteiger partial charge on any atom is 0.122 e. The van der Waals surface area contributed by atoms with Gasteiger partial charge in [-0.3, -0.25) is 0 Å². The summed E-state index contributed by atoms with van der Waals surface area (Å²) in [6, 6.07) is 14.5. The van der Waals surface area contributed by atoms with Gasteiger partial charge in [0, 0.05) is 18.5 Å². The lowest BCUT2D eigenvalue weighted by Gasteiger charge is -2.32. The molecule has 4 nitrogen and oxygen atoms in total. The van der Waals surface area contributed by atoms with Gasteiger partial charge in [0.05, 0.1) is 13.2 Å². The van der Waals surface area contributed by atoms with Crippen molar-refractivity contribution < 1.29 is 9.47 Å².